The zero-order valence-corrected chi connectivity index (χ0v) is 13.4. The van der Waals surface area contributed by atoms with Gasteiger partial charge in [0.15, 0.2) is 0 Å². The first kappa shape index (κ1) is 17.0. The third-order valence-corrected chi connectivity index (χ3v) is 3.64. The first-order valence-corrected chi connectivity index (χ1v) is 7.87. The van der Waals surface area contributed by atoms with Crippen LogP contribution < -0.4 is 5.32 Å². The second-order valence-corrected chi connectivity index (χ2v) is 5.91. The van der Waals surface area contributed by atoms with Crippen molar-refractivity contribution < 1.29 is 4.79 Å². The highest BCUT2D eigenvalue weighted by atomic mass is 16.2. The highest BCUT2D eigenvalue weighted by Crippen LogP contribution is 2.09. The maximum atomic E-state index is 11.4. The smallest absolute Gasteiger partial charge is 0.222 e. The number of carbonyl (C=O) groups is 1. The molecule has 1 heterocycles. The summed E-state index contributed by atoms with van der Waals surface area (Å²) in [5.74, 6) is 0.333. The topological polar surface area (TPSA) is 32.3 Å². The highest BCUT2D eigenvalue weighted by Gasteiger charge is 2.18. The molecule has 20 heavy (non-hydrogen) atoms. The van der Waals surface area contributed by atoms with Crippen LogP contribution in [0.15, 0.2) is 23.3 Å². The molecule has 0 radical (unpaired) electrons. The molecule has 0 unspecified atom stereocenters. The number of carbonyl (C=O) groups excluding carboxylic acids is 1. The number of rotatable bonds is 9. The minimum absolute atomic E-state index is 0.333. The van der Waals surface area contributed by atoms with Gasteiger partial charge in [-0.3, -0.25) is 4.79 Å². The van der Waals surface area contributed by atoms with E-state index < -0.39 is 0 Å². The van der Waals surface area contributed by atoms with Gasteiger partial charge >= 0.3 is 0 Å². The summed E-state index contributed by atoms with van der Waals surface area (Å²) < 4.78 is 0. The summed E-state index contributed by atoms with van der Waals surface area (Å²) >= 11 is 0. The lowest BCUT2D eigenvalue weighted by Crippen LogP contribution is -2.28. The molecule has 1 amide bonds. The van der Waals surface area contributed by atoms with E-state index in [1.807, 2.05) is 4.90 Å². The third-order valence-electron chi connectivity index (χ3n) is 3.64. The second kappa shape index (κ2) is 9.76. The predicted molar refractivity (Wildman–Crippen MR) is 85.7 cm³/mol. The van der Waals surface area contributed by atoms with Crippen molar-refractivity contribution in [3.8, 4) is 0 Å². The number of nitrogens with zero attached hydrogens (tertiary/aromatic N) is 1. The van der Waals surface area contributed by atoms with Gasteiger partial charge in [0.05, 0.1) is 0 Å². The summed E-state index contributed by atoms with van der Waals surface area (Å²) in [5, 5.41) is 3.42. The van der Waals surface area contributed by atoms with E-state index in [4.69, 9.17) is 0 Å². The van der Waals surface area contributed by atoms with Crippen LogP contribution in [-0.2, 0) is 4.79 Å². The van der Waals surface area contributed by atoms with Crippen LogP contribution in [0.4, 0.5) is 0 Å². The molecule has 3 heteroatoms. The molecule has 0 atom stereocenters. The first-order valence-electron chi connectivity index (χ1n) is 7.87. The molecule has 114 valence electrons. The Bertz CT molecular complexity index is 354. The highest BCUT2D eigenvalue weighted by molar-refractivity contribution is 5.77. The maximum Gasteiger partial charge on any atom is 0.222 e. The van der Waals surface area contributed by atoms with Crippen LogP contribution >= 0.6 is 0 Å². The fourth-order valence-corrected chi connectivity index (χ4v) is 2.37. The largest absolute Gasteiger partial charge is 0.343 e. The molecular weight excluding hydrogens is 248 g/mol. The summed E-state index contributed by atoms with van der Waals surface area (Å²) in [6.45, 7) is 10.3. The van der Waals surface area contributed by atoms with Crippen LogP contribution in [0.5, 0.6) is 0 Å². The van der Waals surface area contributed by atoms with Crippen molar-refractivity contribution in [3.05, 3.63) is 23.3 Å². The third kappa shape index (κ3) is 7.49. The van der Waals surface area contributed by atoms with Crippen molar-refractivity contribution in [1.82, 2.24) is 10.2 Å². The quantitative estimate of drug-likeness (QED) is 0.518. The van der Waals surface area contributed by atoms with E-state index in [1.54, 1.807) is 0 Å². The van der Waals surface area contributed by atoms with Crippen LogP contribution in [0.2, 0.25) is 0 Å². The van der Waals surface area contributed by atoms with Gasteiger partial charge in [-0.15, -0.1) is 0 Å². The van der Waals surface area contributed by atoms with Crippen molar-refractivity contribution >= 4 is 5.91 Å². The fraction of sp³-hybridized carbons (Fsp3) is 0.706. The molecule has 0 aromatic heterocycles. The fourth-order valence-electron chi connectivity index (χ4n) is 2.37. The molecule has 1 N–H and O–H groups in total. The number of likely N-dealkylation sites (tertiary alicyclic amines) is 1. The molecule has 0 aromatic carbocycles. The Hall–Kier alpha value is -1.09. The van der Waals surface area contributed by atoms with Crippen LogP contribution in [0.25, 0.3) is 0 Å². The minimum Gasteiger partial charge on any atom is -0.343 e. The summed E-state index contributed by atoms with van der Waals surface area (Å²) in [7, 11) is 0. The molecule has 1 rings (SSSR count). The SMILES string of the molecule is CC(C)=CCCC(C)=CCNCCCN1CCCC1=O. The Morgan fingerprint density at radius 3 is 2.75 bits per heavy atom. The molecule has 1 fully saturated rings. The van der Waals surface area contributed by atoms with Crippen molar-refractivity contribution in [3.63, 3.8) is 0 Å². The molecule has 3 nitrogen and oxygen atoms in total. The van der Waals surface area contributed by atoms with Crippen LogP contribution in [0.3, 0.4) is 0 Å². The van der Waals surface area contributed by atoms with E-state index in [1.165, 1.54) is 11.1 Å². The van der Waals surface area contributed by atoms with E-state index in [9.17, 15) is 4.79 Å². The molecule has 0 bridgehead atoms. The Kier molecular flexibility index (Phi) is 8.28. The summed E-state index contributed by atoms with van der Waals surface area (Å²) in [6.07, 6.45) is 9.70. The predicted octanol–water partition coefficient (Wildman–Crippen LogP) is 3.28. The van der Waals surface area contributed by atoms with Gasteiger partial charge in [-0.25, -0.2) is 0 Å². The monoisotopic (exact) mass is 278 g/mol. The molecule has 1 aliphatic heterocycles. The molecule has 1 saturated heterocycles. The Morgan fingerprint density at radius 1 is 1.30 bits per heavy atom. The number of amides is 1. The number of allylic oxidation sites excluding steroid dienone is 3. The number of nitrogens with one attached hydrogen (secondary N) is 1. The van der Waals surface area contributed by atoms with E-state index in [-0.39, 0.29) is 0 Å². The van der Waals surface area contributed by atoms with Crippen LogP contribution in [0.1, 0.15) is 52.9 Å². The van der Waals surface area contributed by atoms with Gasteiger partial charge in [0.25, 0.3) is 0 Å². The summed E-state index contributed by atoms with van der Waals surface area (Å²) in [6, 6.07) is 0. The van der Waals surface area contributed by atoms with Gasteiger partial charge < -0.3 is 10.2 Å². The van der Waals surface area contributed by atoms with Crippen molar-refractivity contribution in [2.45, 2.75) is 52.9 Å². The zero-order valence-electron chi connectivity index (χ0n) is 13.4. The number of hydrogen-bond acceptors (Lipinski definition) is 2. The minimum atomic E-state index is 0.333. The Balaban J connectivity index is 2.00. The lowest BCUT2D eigenvalue weighted by molar-refractivity contribution is -0.127. The van der Waals surface area contributed by atoms with Gasteiger partial charge in [-0.1, -0.05) is 23.3 Å². The van der Waals surface area contributed by atoms with Crippen LogP contribution in [0, 0.1) is 0 Å². The van der Waals surface area contributed by atoms with Gasteiger partial charge in [-0.2, -0.15) is 0 Å². The van der Waals surface area contributed by atoms with E-state index >= 15 is 0 Å². The average molecular weight is 278 g/mol. The van der Waals surface area contributed by atoms with Crippen molar-refractivity contribution in [2.24, 2.45) is 0 Å². The van der Waals surface area contributed by atoms with Gasteiger partial charge in [0, 0.05) is 26.1 Å². The molecular formula is C17H30N2O. The lowest BCUT2D eigenvalue weighted by Gasteiger charge is -2.14. The first-order chi connectivity index (χ1) is 9.59. The van der Waals surface area contributed by atoms with Gasteiger partial charge in [0.2, 0.25) is 5.91 Å². The van der Waals surface area contributed by atoms with Crippen molar-refractivity contribution in [1.29, 1.82) is 0 Å². The molecule has 0 saturated carbocycles. The Morgan fingerprint density at radius 2 is 2.10 bits per heavy atom. The van der Waals surface area contributed by atoms with E-state index in [2.05, 4.69) is 38.2 Å². The summed E-state index contributed by atoms with van der Waals surface area (Å²) in [5.41, 5.74) is 2.84. The van der Waals surface area contributed by atoms with Crippen LogP contribution in [-0.4, -0.2) is 37.0 Å². The molecule has 1 aliphatic rings. The molecule has 0 spiro atoms. The normalized spacial score (nSPS) is 15.8. The summed E-state index contributed by atoms with van der Waals surface area (Å²) in [4.78, 5) is 13.4. The maximum absolute atomic E-state index is 11.4. The lowest BCUT2D eigenvalue weighted by atomic mass is 10.1. The van der Waals surface area contributed by atoms with Crippen molar-refractivity contribution in [2.75, 3.05) is 26.2 Å². The van der Waals surface area contributed by atoms with E-state index in [0.717, 1.165) is 58.3 Å². The van der Waals surface area contributed by atoms with Gasteiger partial charge in [0.1, 0.15) is 0 Å². The standard InChI is InChI=1S/C17H30N2O/c1-15(2)7-4-8-16(3)10-12-18-11-6-14-19-13-5-9-17(19)20/h7,10,18H,4-6,8-9,11-14H2,1-3H3. The number of hydrogen-bond donors (Lipinski definition) is 1. The Labute approximate surface area is 124 Å². The molecule has 0 aromatic rings. The van der Waals surface area contributed by atoms with E-state index in [0.29, 0.717) is 5.91 Å². The average Bonchev–Trinajstić information content (AvgIpc) is 2.79. The molecule has 0 aliphatic carbocycles. The van der Waals surface area contributed by atoms with Gasteiger partial charge in [-0.05, 0) is 53.0 Å². The second-order valence-electron chi connectivity index (χ2n) is 5.91. The zero-order chi connectivity index (χ0) is 14.8.